The highest BCUT2D eigenvalue weighted by molar-refractivity contribution is 5.88. The lowest BCUT2D eigenvalue weighted by Gasteiger charge is -2.19. The van der Waals surface area contributed by atoms with E-state index in [1.165, 1.54) is 18.4 Å². The van der Waals surface area contributed by atoms with E-state index in [4.69, 9.17) is 9.26 Å². The lowest BCUT2D eigenvalue weighted by atomic mass is 9.95. The number of rotatable bonds is 4. The Labute approximate surface area is 133 Å². The van der Waals surface area contributed by atoms with Gasteiger partial charge >= 0.3 is 6.03 Å². The minimum Gasteiger partial charge on any atom is -0.373 e. The summed E-state index contributed by atoms with van der Waals surface area (Å²) in [7, 11) is 0. The number of nitrogens with zero attached hydrogens (tertiary/aromatic N) is 1. The minimum atomic E-state index is -0.341. The zero-order chi connectivity index (χ0) is 16.2. The van der Waals surface area contributed by atoms with Crippen molar-refractivity contribution in [2.45, 2.75) is 19.4 Å². The van der Waals surface area contributed by atoms with Crippen molar-refractivity contribution in [3.8, 4) is 0 Å². The summed E-state index contributed by atoms with van der Waals surface area (Å²) in [6.07, 6.45) is 2.17. The third kappa shape index (κ3) is 3.68. The number of nitrogens with one attached hydrogen (secondary N) is 2. The molecule has 0 unspecified atom stereocenters. The van der Waals surface area contributed by atoms with Gasteiger partial charge in [-0.15, -0.1) is 0 Å². The molecular formula is C16H18FN3O3. The van der Waals surface area contributed by atoms with Crippen LogP contribution in [0.5, 0.6) is 0 Å². The van der Waals surface area contributed by atoms with Gasteiger partial charge in [0.05, 0.1) is 6.10 Å². The molecule has 23 heavy (non-hydrogen) atoms. The molecule has 2 aromatic rings. The molecule has 3 rings (SSSR count). The number of hydrogen-bond donors (Lipinski definition) is 2. The largest absolute Gasteiger partial charge is 0.373 e. The molecule has 2 N–H and O–H groups in total. The molecule has 2 amide bonds. The summed E-state index contributed by atoms with van der Waals surface area (Å²) in [5, 5.41) is 9.15. The summed E-state index contributed by atoms with van der Waals surface area (Å²) in [6, 6.07) is 5.93. The minimum absolute atomic E-state index is 0.135. The molecule has 1 aliphatic rings. The molecule has 0 bridgehead atoms. The van der Waals surface area contributed by atoms with Crippen molar-refractivity contribution in [1.29, 1.82) is 0 Å². The third-order valence-corrected chi connectivity index (χ3v) is 3.92. The van der Waals surface area contributed by atoms with Crippen molar-refractivity contribution in [1.82, 2.24) is 10.5 Å². The van der Waals surface area contributed by atoms with Crippen molar-refractivity contribution in [3.05, 3.63) is 47.5 Å². The van der Waals surface area contributed by atoms with Crippen molar-refractivity contribution >= 4 is 11.8 Å². The van der Waals surface area contributed by atoms with Crippen LogP contribution in [0, 0.1) is 18.7 Å². The molecule has 1 aromatic heterocycles. The van der Waals surface area contributed by atoms with E-state index < -0.39 is 0 Å². The monoisotopic (exact) mass is 319 g/mol. The van der Waals surface area contributed by atoms with Gasteiger partial charge in [0.2, 0.25) is 0 Å². The number of halogens is 1. The third-order valence-electron chi connectivity index (χ3n) is 3.92. The lowest BCUT2D eigenvalue weighted by molar-refractivity contribution is 0.0911. The average Bonchev–Trinajstić information content (AvgIpc) is 3.16. The van der Waals surface area contributed by atoms with Crippen LogP contribution in [0.3, 0.4) is 0 Å². The molecule has 0 aliphatic carbocycles. The van der Waals surface area contributed by atoms with Crippen LogP contribution in [0.1, 0.15) is 23.7 Å². The van der Waals surface area contributed by atoms with Crippen LogP contribution < -0.4 is 10.6 Å². The maximum absolute atomic E-state index is 13.0. The van der Waals surface area contributed by atoms with Gasteiger partial charge in [0, 0.05) is 24.6 Å². The second-order valence-electron chi connectivity index (χ2n) is 5.57. The predicted molar refractivity (Wildman–Crippen MR) is 81.5 cm³/mol. The number of carbonyl (C=O) groups excluding carboxylic acids is 1. The van der Waals surface area contributed by atoms with Crippen molar-refractivity contribution in [3.63, 3.8) is 0 Å². The molecule has 0 spiro atoms. The Balaban J connectivity index is 1.55. The van der Waals surface area contributed by atoms with Gasteiger partial charge in [0.1, 0.15) is 12.1 Å². The number of urea groups is 1. The normalized spacial score (nSPS) is 20.4. The standard InChI is InChI=1S/C16H18FN3O3/c1-10-9-23-20-15(10)19-16(21)18-8-12-6-7-22-14(12)11-2-4-13(17)5-3-11/h2-5,9,12,14H,6-8H2,1H3,(H2,18,19,20,21)/t12-,14-/m0/s1. The Bertz CT molecular complexity index is 671. The van der Waals surface area contributed by atoms with Crippen LogP contribution in [0.25, 0.3) is 0 Å². The molecule has 1 saturated heterocycles. The predicted octanol–water partition coefficient (Wildman–Crippen LogP) is 3.02. The first-order chi connectivity index (χ1) is 11.1. The number of amides is 2. The highest BCUT2D eigenvalue weighted by Gasteiger charge is 2.30. The highest BCUT2D eigenvalue weighted by Crippen LogP contribution is 2.34. The molecule has 0 radical (unpaired) electrons. The van der Waals surface area contributed by atoms with Gasteiger partial charge in [-0.1, -0.05) is 17.3 Å². The van der Waals surface area contributed by atoms with E-state index in [-0.39, 0.29) is 23.9 Å². The van der Waals surface area contributed by atoms with Crippen LogP contribution in [-0.4, -0.2) is 24.3 Å². The van der Waals surface area contributed by atoms with Gasteiger partial charge in [0.15, 0.2) is 5.82 Å². The molecule has 1 aromatic carbocycles. The zero-order valence-electron chi connectivity index (χ0n) is 12.7. The topological polar surface area (TPSA) is 76.4 Å². The van der Waals surface area contributed by atoms with Crippen LogP contribution in [-0.2, 0) is 4.74 Å². The first kappa shape index (κ1) is 15.5. The second kappa shape index (κ2) is 6.78. The van der Waals surface area contributed by atoms with Crippen LogP contribution in [0.2, 0.25) is 0 Å². The Hall–Kier alpha value is -2.41. The summed E-state index contributed by atoms with van der Waals surface area (Å²) in [6.45, 7) is 2.88. The molecule has 0 saturated carbocycles. The van der Waals surface area contributed by atoms with Crippen molar-refractivity contribution in [2.24, 2.45) is 5.92 Å². The van der Waals surface area contributed by atoms with E-state index in [0.29, 0.717) is 19.0 Å². The molecule has 6 nitrogen and oxygen atoms in total. The maximum Gasteiger partial charge on any atom is 0.320 e. The van der Waals surface area contributed by atoms with E-state index >= 15 is 0 Å². The fraction of sp³-hybridized carbons (Fsp3) is 0.375. The lowest BCUT2D eigenvalue weighted by Crippen LogP contribution is -2.34. The van der Waals surface area contributed by atoms with Gasteiger partial charge in [-0.3, -0.25) is 5.32 Å². The molecule has 1 aliphatic heterocycles. The average molecular weight is 319 g/mol. The van der Waals surface area contributed by atoms with Gasteiger partial charge in [-0.05, 0) is 31.0 Å². The SMILES string of the molecule is Cc1conc1NC(=O)NC[C@@H]1CCO[C@H]1c1ccc(F)cc1. The Kier molecular flexibility index (Phi) is 4.57. The Morgan fingerprint density at radius 2 is 2.17 bits per heavy atom. The van der Waals surface area contributed by atoms with Gasteiger partial charge in [-0.25, -0.2) is 9.18 Å². The number of aryl methyl sites for hydroxylation is 1. The fourth-order valence-corrected chi connectivity index (χ4v) is 2.65. The van der Waals surface area contributed by atoms with Gasteiger partial charge in [0.25, 0.3) is 0 Å². The molecule has 122 valence electrons. The zero-order valence-corrected chi connectivity index (χ0v) is 12.7. The summed E-state index contributed by atoms with van der Waals surface area (Å²) in [5.74, 6) is 0.272. The van der Waals surface area contributed by atoms with E-state index in [1.54, 1.807) is 19.1 Å². The smallest absolute Gasteiger partial charge is 0.320 e. The molecular weight excluding hydrogens is 301 g/mol. The van der Waals surface area contributed by atoms with Crippen LogP contribution in [0.4, 0.5) is 15.0 Å². The highest BCUT2D eigenvalue weighted by atomic mass is 19.1. The Morgan fingerprint density at radius 3 is 2.87 bits per heavy atom. The quantitative estimate of drug-likeness (QED) is 0.908. The van der Waals surface area contributed by atoms with Crippen LogP contribution in [0.15, 0.2) is 35.1 Å². The van der Waals surface area contributed by atoms with E-state index in [1.807, 2.05) is 0 Å². The summed E-state index contributed by atoms with van der Waals surface area (Å²) < 4.78 is 23.5. The Morgan fingerprint density at radius 1 is 1.39 bits per heavy atom. The van der Waals surface area contributed by atoms with Crippen LogP contribution >= 0.6 is 0 Å². The van der Waals surface area contributed by atoms with Gasteiger partial charge in [-0.2, -0.15) is 0 Å². The maximum atomic E-state index is 13.0. The number of hydrogen-bond acceptors (Lipinski definition) is 4. The van der Waals surface area contributed by atoms with Crippen molar-refractivity contribution in [2.75, 3.05) is 18.5 Å². The molecule has 2 heterocycles. The van der Waals surface area contributed by atoms with E-state index in [0.717, 1.165) is 17.5 Å². The number of carbonyl (C=O) groups is 1. The number of aromatic nitrogens is 1. The van der Waals surface area contributed by atoms with E-state index in [2.05, 4.69) is 15.8 Å². The fourth-order valence-electron chi connectivity index (χ4n) is 2.65. The number of anilines is 1. The first-order valence-corrected chi connectivity index (χ1v) is 7.46. The van der Waals surface area contributed by atoms with Gasteiger partial charge < -0.3 is 14.6 Å². The first-order valence-electron chi connectivity index (χ1n) is 7.46. The summed E-state index contributed by atoms with van der Waals surface area (Å²) in [5.41, 5.74) is 1.68. The van der Waals surface area contributed by atoms with Crippen molar-refractivity contribution < 1.29 is 18.4 Å². The molecule has 2 atom stereocenters. The summed E-state index contributed by atoms with van der Waals surface area (Å²) in [4.78, 5) is 11.9. The number of benzene rings is 1. The second-order valence-corrected chi connectivity index (χ2v) is 5.57. The van der Waals surface area contributed by atoms with E-state index in [9.17, 15) is 9.18 Å². The molecule has 7 heteroatoms. The summed E-state index contributed by atoms with van der Waals surface area (Å²) >= 11 is 0. The molecule has 1 fully saturated rings. The number of ether oxygens (including phenoxy) is 1.